The lowest BCUT2D eigenvalue weighted by Gasteiger charge is -2.07. The molecule has 3 nitrogen and oxygen atoms in total. The third-order valence-corrected chi connectivity index (χ3v) is 2.81. The molecular weight excluding hydrogens is 240 g/mol. The summed E-state index contributed by atoms with van der Waals surface area (Å²) in [6.45, 7) is 3.88. The van der Waals surface area contributed by atoms with Crippen molar-refractivity contribution in [3.05, 3.63) is 35.4 Å². The van der Waals surface area contributed by atoms with Gasteiger partial charge in [0.25, 0.3) is 0 Å². The average Bonchev–Trinajstić information content (AvgIpc) is 2.37. The summed E-state index contributed by atoms with van der Waals surface area (Å²) in [5.41, 5.74) is 0.815. The van der Waals surface area contributed by atoms with Gasteiger partial charge in [-0.25, -0.2) is 4.79 Å². The van der Waals surface area contributed by atoms with Gasteiger partial charge in [0.15, 0.2) is 5.78 Å². The Labute approximate surface area is 106 Å². The van der Waals surface area contributed by atoms with Crippen LogP contribution in [0.1, 0.15) is 41.0 Å². The molecule has 1 aromatic rings. The van der Waals surface area contributed by atoms with Crippen LogP contribution in [-0.4, -0.2) is 23.7 Å². The highest BCUT2D eigenvalue weighted by Gasteiger charge is 2.17. The van der Waals surface area contributed by atoms with E-state index < -0.39 is 11.3 Å². The van der Waals surface area contributed by atoms with E-state index >= 15 is 0 Å². The Hall–Kier alpha value is -1.35. The molecule has 0 amide bonds. The lowest BCUT2D eigenvalue weighted by Crippen LogP contribution is -2.14. The normalized spacial score (nSPS) is 11.9. The minimum atomic E-state index is -0.549. The number of esters is 1. The molecular formula is C13H15ClO3. The molecule has 0 fully saturated rings. The fourth-order valence-corrected chi connectivity index (χ4v) is 1.51. The molecule has 17 heavy (non-hydrogen) atoms. The number of hydrogen-bond donors (Lipinski definition) is 0. The second kappa shape index (κ2) is 6.40. The number of carbonyl (C=O) groups excluding carboxylic acids is 2. The molecule has 0 aromatic heterocycles. The van der Waals surface area contributed by atoms with Crippen molar-refractivity contribution in [2.75, 3.05) is 6.61 Å². The second-order valence-electron chi connectivity index (χ2n) is 3.54. The van der Waals surface area contributed by atoms with Crippen LogP contribution >= 0.6 is 11.6 Å². The summed E-state index contributed by atoms with van der Waals surface area (Å²) in [5.74, 6) is -0.593. The zero-order chi connectivity index (χ0) is 12.8. The van der Waals surface area contributed by atoms with E-state index in [0.29, 0.717) is 24.2 Å². The van der Waals surface area contributed by atoms with E-state index in [1.807, 2.05) is 6.92 Å². The van der Waals surface area contributed by atoms with E-state index in [2.05, 4.69) is 0 Å². The zero-order valence-corrected chi connectivity index (χ0v) is 10.7. The topological polar surface area (TPSA) is 43.4 Å². The van der Waals surface area contributed by atoms with Gasteiger partial charge < -0.3 is 4.74 Å². The molecule has 1 aromatic carbocycles. The molecule has 1 rings (SSSR count). The van der Waals surface area contributed by atoms with Gasteiger partial charge in [-0.3, -0.25) is 4.79 Å². The van der Waals surface area contributed by atoms with Crippen molar-refractivity contribution in [1.29, 1.82) is 0 Å². The quantitative estimate of drug-likeness (QED) is 0.461. The molecule has 0 N–H and O–H groups in total. The predicted molar refractivity (Wildman–Crippen MR) is 66.7 cm³/mol. The van der Waals surface area contributed by atoms with Crippen LogP contribution in [0.25, 0.3) is 0 Å². The van der Waals surface area contributed by atoms with Crippen molar-refractivity contribution < 1.29 is 14.3 Å². The van der Waals surface area contributed by atoms with E-state index in [-0.39, 0.29) is 5.78 Å². The van der Waals surface area contributed by atoms with Crippen LogP contribution in [-0.2, 0) is 4.74 Å². The summed E-state index contributed by atoms with van der Waals surface area (Å²) in [5, 5.41) is -0.549. The summed E-state index contributed by atoms with van der Waals surface area (Å²) >= 11 is 5.88. The first kappa shape index (κ1) is 13.7. The summed E-state index contributed by atoms with van der Waals surface area (Å²) in [6, 6.07) is 6.43. The third kappa shape index (κ3) is 3.56. The van der Waals surface area contributed by atoms with Gasteiger partial charge in [-0.1, -0.05) is 19.1 Å². The molecule has 0 radical (unpaired) electrons. The van der Waals surface area contributed by atoms with Crippen LogP contribution in [0, 0.1) is 0 Å². The number of ketones is 1. The van der Waals surface area contributed by atoms with Crippen molar-refractivity contribution in [2.45, 2.75) is 25.6 Å². The number of rotatable bonds is 5. The standard InChI is InChI=1S/C13H15ClO3/c1-3-11(14)12(15)9-6-5-7-10(8-9)13(16)17-4-2/h5-8,11H,3-4H2,1-2H3. The summed E-state index contributed by atoms with van der Waals surface area (Å²) < 4.78 is 4.87. The maximum Gasteiger partial charge on any atom is 0.338 e. The molecule has 0 saturated carbocycles. The highest BCUT2D eigenvalue weighted by molar-refractivity contribution is 6.33. The third-order valence-electron chi connectivity index (χ3n) is 2.30. The first-order chi connectivity index (χ1) is 8.10. The van der Waals surface area contributed by atoms with E-state index in [0.717, 1.165) is 0 Å². The molecule has 1 atom stereocenters. The lowest BCUT2D eigenvalue weighted by atomic mass is 10.0. The Morgan fingerprint density at radius 3 is 2.53 bits per heavy atom. The van der Waals surface area contributed by atoms with Gasteiger partial charge in [0.05, 0.1) is 17.5 Å². The lowest BCUT2D eigenvalue weighted by molar-refractivity contribution is 0.0526. The van der Waals surface area contributed by atoms with E-state index in [9.17, 15) is 9.59 Å². The van der Waals surface area contributed by atoms with Crippen molar-refractivity contribution in [1.82, 2.24) is 0 Å². The number of carbonyl (C=O) groups is 2. The Bertz CT molecular complexity index is 415. The van der Waals surface area contributed by atoms with Gasteiger partial charge in [-0.15, -0.1) is 11.6 Å². The van der Waals surface area contributed by atoms with Crippen molar-refractivity contribution >= 4 is 23.4 Å². The summed E-state index contributed by atoms with van der Waals surface area (Å²) in [7, 11) is 0. The first-order valence-electron chi connectivity index (χ1n) is 5.55. The van der Waals surface area contributed by atoms with E-state index in [1.54, 1.807) is 25.1 Å². The van der Waals surface area contributed by atoms with Gasteiger partial charge in [0.2, 0.25) is 0 Å². The molecule has 92 valence electrons. The Balaban J connectivity index is 2.93. The average molecular weight is 255 g/mol. The highest BCUT2D eigenvalue weighted by atomic mass is 35.5. The minimum absolute atomic E-state index is 0.166. The van der Waals surface area contributed by atoms with Gasteiger partial charge in [-0.2, -0.15) is 0 Å². The van der Waals surface area contributed by atoms with Crippen molar-refractivity contribution in [3.63, 3.8) is 0 Å². The van der Waals surface area contributed by atoms with E-state index in [4.69, 9.17) is 16.3 Å². The van der Waals surface area contributed by atoms with Crippen LogP contribution in [0.5, 0.6) is 0 Å². The number of ether oxygens (including phenoxy) is 1. The molecule has 1 unspecified atom stereocenters. The smallest absolute Gasteiger partial charge is 0.338 e. The zero-order valence-electron chi connectivity index (χ0n) is 9.90. The molecule has 4 heteroatoms. The Kier molecular flexibility index (Phi) is 5.16. The number of benzene rings is 1. The van der Waals surface area contributed by atoms with Crippen LogP contribution in [0.2, 0.25) is 0 Å². The molecule has 0 heterocycles. The highest BCUT2D eigenvalue weighted by Crippen LogP contribution is 2.13. The van der Waals surface area contributed by atoms with Gasteiger partial charge in [0, 0.05) is 5.56 Å². The number of halogens is 1. The van der Waals surface area contributed by atoms with Crippen molar-refractivity contribution in [2.24, 2.45) is 0 Å². The van der Waals surface area contributed by atoms with E-state index in [1.165, 1.54) is 6.07 Å². The molecule has 0 bridgehead atoms. The number of hydrogen-bond acceptors (Lipinski definition) is 3. The fourth-order valence-electron chi connectivity index (χ4n) is 1.38. The Morgan fingerprint density at radius 1 is 1.29 bits per heavy atom. The second-order valence-corrected chi connectivity index (χ2v) is 4.07. The van der Waals surface area contributed by atoms with Crippen LogP contribution in [0.3, 0.4) is 0 Å². The molecule has 0 aliphatic heterocycles. The van der Waals surface area contributed by atoms with Crippen molar-refractivity contribution in [3.8, 4) is 0 Å². The molecule has 0 saturated heterocycles. The monoisotopic (exact) mass is 254 g/mol. The van der Waals surface area contributed by atoms with Gasteiger partial charge in [-0.05, 0) is 25.5 Å². The van der Waals surface area contributed by atoms with Crippen LogP contribution in [0.4, 0.5) is 0 Å². The maximum absolute atomic E-state index is 11.8. The SMILES string of the molecule is CCOC(=O)c1cccc(C(=O)C(Cl)CC)c1. The Morgan fingerprint density at radius 2 is 1.94 bits per heavy atom. The van der Waals surface area contributed by atoms with Crippen LogP contribution in [0.15, 0.2) is 24.3 Å². The summed E-state index contributed by atoms with van der Waals surface area (Å²) in [4.78, 5) is 23.3. The summed E-state index contributed by atoms with van der Waals surface area (Å²) in [6.07, 6.45) is 0.560. The molecule has 0 aliphatic rings. The van der Waals surface area contributed by atoms with Crippen LogP contribution < -0.4 is 0 Å². The van der Waals surface area contributed by atoms with Gasteiger partial charge in [0.1, 0.15) is 0 Å². The molecule has 0 aliphatic carbocycles. The maximum atomic E-state index is 11.8. The first-order valence-corrected chi connectivity index (χ1v) is 5.99. The fraction of sp³-hybridized carbons (Fsp3) is 0.385. The predicted octanol–water partition coefficient (Wildman–Crippen LogP) is 3.06. The number of alkyl halides is 1. The van der Waals surface area contributed by atoms with Gasteiger partial charge >= 0.3 is 5.97 Å². The molecule has 0 spiro atoms. The largest absolute Gasteiger partial charge is 0.462 e. The number of Topliss-reactive ketones (excluding diaryl/α,β-unsaturated/α-hetero) is 1. The minimum Gasteiger partial charge on any atom is -0.462 e.